The second-order valence-corrected chi connectivity index (χ2v) is 22.7. The highest BCUT2D eigenvalue weighted by molar-refractivity contribution is 7.47. The minimum atomic E-state index is -4.39. The molecule has 0 aliphatic rings. The molecule has 0 aromatic carbocycles. The van der Waals surface area contributed by atoms with Crippen LogP contribution in [0, 0.1) is 0 Å². The molecule has 0 aliphatic heterocycles. The number of carbonyl (C=O) groups excluding carboxylic acids is 2. The molecule has 3 N–H and O–H groups in total. The largest absolute Gasteiger partial charge is 0.472 e. The highest BCUT2D eigenvalue weighted by Crippen LogP contribution is 2.43. The Balaban J connectivity index is 3.86. The Morgan fingerprint density at radius 1 is 0.392 bits per heavy atom. The highest BCUT2D eigenvalue weighted by Gasteiger charge is 2.26. The normalized spacial score (nSPS) is 13.7. The highest BCUT2D eigenvalue weighted by atomic mass is 31.2. The van der Waals surface area contributed by atoms with Crippen molar-refractivity contribution in [2.45, 2.75) is 290 Å². The summed E-state index contributed by atoms with van der Waals surface area (Å²) in [6.45, 7) is 3.64. The average Bonchev–Trinajstić information content (AvgIpc) is 3.44. The molecule has 0 heterocycles. The molecule has 9 nitrogen and oxygen atoms in total. The van der Waals surface area contributed by atoms with E-state index in [0.717, 1.165) is 103 Å². The number of phosphoric acid groups is 1. The van der Waals surface area contributed by atoms with Gasteiger partial charge in [0.05, 0.1) is 13.2 Å². The number of carbonyl (C=O) groups is 2. The van der Waals surface area contributed by atoms with E-state index in [-0.39, 0.29) is 38.6 Å². The molecule has 0 saturated carbocycles. The average molecular weight is 1120 g/mol. The predicted molar refractivity (Wildman–Crippen MR) is 339 cm³/mol. The van der Waals surface area contributed by atoms with Crippen LogP contribution in [0.5, 0.6) is 0 Å². The number of hydrogen-bond acceptors (Lipinski definition) is 8. The van der Waals surface area contributed by atoms with E-state index < -0.39 is 26.5 Å². The third-order valence-corrected chi connectivity index (χ3v) is 14.6. The number of rotatable bonds is 60. The standard InChI is InChI=1S/C69H120NO8P/c1-3-5-7-9-11-13-15-17-19-21-22-23-24-25-26-27-28-29-30-31-32-33-34-35-36-37-38-39-40-41-42-43-44-46-48-50-52-54-56-58-60-62-69(72)78-67(66-77-79(73,74)76-64-63-70)65-75-68(71)61-59-57-55-53-51-49-47-45-20-18-16-14-12-10-8-6-4-2/h5,7,11,13,17-20,22-23,25-26,28-29,31-32,34-35,67H,3-4,6,8-10,12,14-16,21,24,27,30,33,36-66,70H2,1-2H3,(H,73,74)/b7-5-,13-11-,19-17-,20-18-,23-22-,26-25-,29-28-,32-31-,35-34-. The minimum Gasteiger partial charge on any atom is -0.462 e. The van der Waals surface area contributed by atoms with E-state index in [2.05, 4.69) is 123 Å². The molecule has 454 valence electrons. The third-order valence-electron chi connectivity index (χ3n) is 13.6. The molecule has 2 unspecified atom stereocenters. The number of hydrogen-bond donors (Lipinski definition) is 2. The fraction of sp³-hybridized carbons (Fsp3) is 0.710. The van der Waals surface area contributed by atoms with Gasteiger partial charge in [-0.1, -0.05) is 277 Å². The van der Waals surface area contributed by atoms with Crippen LogP contribution in [-0.2, 0) is 32.7 Å². The van der Waals surface area contributed by atoms with Gasteiger partial charge in [0.15, 0.2) is 6.10 Å². The molecule has 0 rings (SSSR count). The van der Waals surface area contributed by atoms with Gasteiger partial charge in [-0.15, -0.1) is 0 Å². The van der Waals surface area contributed by atoms with Crippen molar-refractivity contribution in [2.75, 3.05) is 26.4 Å². The number of unbranched alkanes of at least 4 members (excludes halogenated alkanes) is 29. The number of ether oxygens (including phenoxy) is 2. The first kappa shape index (κ1) is 75.7. The number of esters is 2. The predicted octanol–water partition coefficient (Wildman–Crippen LogP) is 21.0. The topological polar surface area (TPSA) is 134 Å². The van der Waals surface area contributed by atoms with Gasteiger partial charge in [-0.3, -0.25) is 18.6 Å². The minimum absolute atomic E-state index is 0.0505. The maximum atomic E-state index is 12.7. The van der Waals surface area contributed by atoms with Gasteiger partial charge >= 0.3 is 19.8 Å². The Labute approximate surface area is 486 Å². The molecular weight excluding hydrogens is 1000 g/mol. The SMILES string of the molecule is CC/C=C\C/C=C\C/C=C\C/C=C\C/C=C\C/C=C\C/C=C\C/C=C\CCCCCCCCCCCCCCCCCCC(=O)OC(COC(=O)CCCCCCCCC/C=C\CCCCCCCC)COP(=O)(O)OCCN. The van der Waals surface area contributed by atoms with E-state index in [1.54, 1.807) is 0 Å². The van der Waals surface area contributed by atoms with E-state index in [1.807, 2.05) is 0 Å². The Morgan fingerprint density at radius 3 is 1.05 bits per heavy atom. The van der Waals surface area contributed by atoms with Gasteiger partial charge in [0, 0.05) is 19.4 Å². The van der Waals surface area contributed by atoms with E-state index in [4.69, 9.17) is 24.3 Å². The molecule has 0 spiro atoms. The molecule has 0 bridgehead atoms. The fourth-order valence-electron chi connectivity index (χ4n) is 8.88. The lowest BCUT2D eigenvalue weighted by Crippen LogP contribution is -2.29. The van der Waals surface area contributed by atoms with Crippen LogP contribution in [0.4, 0.5) is 0 Å². The summed E-state index contributed by atoms with van der Waals surface area (Å²) in [7, 11) is -4.39. The van der Waals surface area contributed by atoms with Crippen molar-refractivity contribution in [2.24, 2.45) is 5.73 Å². The molecule has 79 heavy (non-hydrogen) atoms. The summed E-state index contributed by atoms with van der Waals surface area (Å²) in [5.74, 6) is -0.828. The summed E-state index contributed by atoms with van der Waals surface area (Å²) < 4.78 is 33.1. The lowest BCUT2D eigenvalue weighted by molar-refractivity contribution is -0.161. The van der Waals surface area contributed by atoms with Crippen LogP contribution in [0.15, 0.2) is 109 Å². The van der Waals surface area contributed by atoms with Crippen molar-refractivity contribution in [1.29, 1.82) is 0 Å². The van der Waals surface area contributed by atoms with Crippen LogP contribution in [0.1, 0.15) is 284 Å². The smallest absolute Gasteiger partial charge is 0.462 e. The van der Waals surface area contributed by atoms with E-state index >= 15 is 0 Å². The van der Waals surface area contributed by atoms with Crippen LogP contribution < -0.4 is 5.73 Å². The van der Waals surface area contributed by atoms with Gasteiger partial charge in [0.2, 0.25) is 0 Å². The Kier molecular flexibility index (Phi) is 61.2. The van der Waals surface area contributed by atoms with Crippen molar-refractivity contribution >= 4 is 19.8 Å². The third kappa shape index (κ3) is 63.7. The van der Waals surface area contributed by atoms with Gasteiger partial charge in [-0.05, 0) is 103 Å². The Morgan fingerprint density at radius 2 is 0.696 bits per heavy atom. The second kappa shape index (κ2) is 63.8. The van der Waals surface area contributed by atoms with Crippen LogP contribution in [0.3, 0.4) is 0 Å². The van der Waals surface area contributed by atoms with E-state index in [0.29, 0.717) is 6.42 Å². The first-order valence-corrected chi connectivity index (χ1v) is 33.9. The molecule has 0 aliphatic carbocycles. The Bertz CT molecular complexity index is 1660. The van der Waals surface area contributed by atoms with Crippen LogP contribution in [0.2, 0.25) is 0 Å². The zero-order valence-electron chi connectivity index (χ0n) is 50.8. The fourth-order valence-corrected chi connectivity index (χ4v) is 9.65. The summed E-state index contributed by atoms with van der Waals surface area (Å²) in [6.07, 6.45) is 87.4. The molecule has 0 aromatic rings. The number of phosphoric ester groups is 1. The maximum Gasteiger partial charge on any atom is 0.472 e. The summed E-state index contributed by atoms with van der Waals surface area (Å²) in [5.41, 5.74) is 5.39. The summed E-state index contributed by atoms with van der Waals surface area (Å²) >= 11 is 0. The molecule has 0 radical (unpaired) electrons. The molecule has 0 saturated heterocycles. The second-order valence-electron chi connectivity index (χ2n) is 21.2. The van der Waals surface area contributed by atoms with Crippen molar-refractivity contribution < 1.29 is 37.6 Å². The summed E-state index contributed by atoms with van der Waals surface area (Å²) in [5, 5.41) is 0. The summed E-state index contributed by atoms with van der Waals surface area (Å²) in [6, 6.07) is 0. The molecular formula is C69H120NO8P. The van der Waals surface area contributed by atoms with Gasteiger partial charge in [-0.2, -0.15) is 0 Å². The van der Waals surface area contributed by atoms with Crippen molar-refractivity contribution in [3.05, 3.63) is 109 Å². The Hall–Kier alpha value is -3.33. The zero-order valence-corrected chi connectivity index (χ0v) is 51.7. The molecule has 0 amide bonds. The lowest BCUT2D eigenvalue weighted by atomic mass is 10.0. The van der Waals surface area contributed by atoms with Gasteiger partial charge in [0.25, 0.3) is 0 Å². The molecule has 0 aromatic heterocycles. The van der Waals surface area contributed by atoms with Gasteiger partial charge in [0.1, 0.15) is 6.61 Å². The van der Waals surface area contributed by atoms with Crippen LogP contribution in [-0.4, -0.2) is 49.3 Å². The molecule has 2 atom stereocenters. The monoisotopic (exact) mass is 1120 g/mol. The zero-order chi connectivity index (χ0) is 57.3. The molecule has 10 heteroatoms. The van der Waals surface area contributed by atoms with Gasteiger partial charge < -0.3 is 20.1 Å². The van der Waals surface area contributed by atoms with Crippen molar-refractivity contribution in [3.8, 4) is 0 Å². The van der Waals surface area contributed by atoms with Crippen LogP contribution in [0.25, 0.3) is 0 Å². The lowest BCUT2D eigenvalue weighted by Gasteiger charge is -2.19. The van der Waals surface area contributed by atoms with E-state index in [9.17, 15) is 19.0 Å². The maximum absolute atomic E-state index is 12.7. The first-order chi connectivity index (χ1) is 38.8. The van der Waals surface area contributed by atoms with Crippen molar-refractivity contribution in [1.82, 2.24) is 0 Å². The number of allylic oxidation sites excluding steroid dienone is 18. The summed E-state index contributed by atoms with van der Waals surface area (Å²) in [4.78, 5) is 35.2. The first-order valence-electron chi connectivity index (χ1n) is 32.4. The number of nitrogens with two attached hydrogens (primary N) is 1. The van der Waals surface area contributed by atoms with E-state index in [1.165, 1.54) is 148 Å². The van der Waals surface area contributed by atoms with Crippen molar-refractivity contribution in [3.63, 3.8) is 0 Å². The van der Waals surface area contributed by atoms with Crippen LogP contribution >= 0.6 is 7.82 Å². The quantitative estimate of drug-likeness (QED) is 0.0264. The van der Waals surface area contributed by atoms with Gasteiger partial charge in [-0.25, -0.2) is 4.57 Å². The molecule has 0 fully saturated rings.